The molecule has 3 aromatic rings. The molecule has 1 heterocycles. The van der Waals surface area contributed by atoms with Gasteiger partial charge in [0.2, 0.25) is 20.8 Å². The molecule has 33 heavy (non-hydrogen) atoms. The minimum atomic E-state index is -1.45. The fraction of sp³-hybridized carbons (Fsp3) is 0.375. The van der Waals surface area contributed by atoms with E-state index >= 15 is 0 Å². The molecule has 0 aliphatic carbocycles. The molecule has 0 saturated heterocycles. The lowest BCUT2D eigenvalue weighted by Gasteiger charge is -2.29. The van der Waals surface area contributed by atoms with E-state index in [0.717, 1.165) is 28.1 Å². The predicted molar refractivity (Wildman–Crippen MR) is 139 cm³/mol. The molecule has 0 radical (unpaired) electrons. The van der Waals surface area contributed by atoms with Crippen molar-refractivity contribution < 1.29 is 13.7 Å². The Labute approximate surface area is 202 Å². The van der Waals surface area contributed by atoms with Gasteiger partial charge in [-0.3, -0.25) is 0 Å². The summed E-state index contributed by atoms with van der Waals surface area (Å²) in [5.41, 5.74) is 9.72. The second-order valence-electron chi connectivity index (χ2n) is 9.18. The molecule has 0 amide bonds. The molecule has 0 aliphatic heterocycles. The van der Waals surface area contributed by atoms with E-state index in [0.29, 0.717) is 22.5 Å². The van der Waals surface area contributed by atoms with Gasteiger partial charge in [0.05, 0.1) is 7.11 Å². The summed E-state index contributed by atoms with van der Waals surface area (Å²) in [6.07, 6.45) is 0. The maximum Gasteiger partial charge on any atom is 0.229 e. The van der Waals surface area contributed by atoms with E-state index in [-0.39, 0.29) is 5.41 Å². The molecule has 3 rings (SSSR count). The quantitative estimate of drug-likeness (QED) is 0.335. The standard InChI is InChI=1S/C24H32N4O3SSi/c1-14-26-23(28-30-14)15-8-10-16(11-9-15)27-19(22(25)32)17-12-13-18(24(2,3)4)21(29-5)20(17)31-33(6)7/h8-13,19,27,33H,1-7H3,(H2,25,32). The van der Waals surface area contributed by atoms with Crippen LogP contribution in [0.5, 0.6) is 11.5 Å². The molecule has 0 aliphatic rings. The first-order valence-electron chi connectivity index (χ1n) is 10.9. The molecule has 3 N–H and O–H groups in total. The fourth-order valence-corrected chi connectivity index (χ4v) is 4.46. The van der Waals surface area contributed by atoms with Gasteiger partial charge in [-0.15, -0.1) is 0 Å². The summed E-state index contributed by atoms with van der Waals surface area (Å²) in [7, 11) is 0.218. The summed E-state index contributed by atoms with van der Waals surface area (Å²) in [5, 5.41) is 7.42. The molecule has 0 bridgehead atoms. The number of anilines is 1. The third-order valence-electron chi connectivity index (χ3n) is 5.09. The van der Waals surface area contributed by atoms with E-state index in [4.69, 9.17) is 31.6 Å². The highest BCUT2D eigenvalue weighted by atomic mass is 32.1. The minimum absolute atomic E-state index is 0.115. The molecule has 1 aromatic heterocycles. The van der Waals surface area contributed by atoms with E-state index in [1.807, 2.05) is 30.3 Å². The van der Waals surface area contributed by atoms with Gasteiger partial charge in [0.25, 0.3) is 0 Å². The van der Waals surface area contributed by atoms with E-state index < -0.39 is 15.1 Å². The van der Waals surface area contributed by atoms with Gasteiger partial charge in [0.15, 0.2) is 11.5 Å². The summed E-state index contributed by atoms with van der Waals surface area (Å²) < 4.78 is 17.3. The summed E-state index contributed by atoms with van der Waals surface area (Å²) >= 11 is 5.46. The van der Waals surface area contributed by atoms with Crippen LogP contribution in [0.4, 0.5) is 5.69 Å². The van der Waals surface area contributed by atoms with Crippen molar-refractivity contribution in [1.82, 2.24) is 10.1 Å². The van der Waals surface area contributed by atoms with Gasteiger partial charge in [-0.1, -0.05) is 50.3 Å². The van der Waals surface area contributed by atoms with Crippen LogP contribution in [-0.4, -0.2) is 31.3 Å². The van der Waals surface area contributed by atoms with Gasteiger partial charge in [0, 0.05) is 29.3 Å². The van der Waals surface area contributed by atoms with Crippen LogP contribution in [0.1, 0.15) is 43.8 Å². The third-order valence-corrected chi connectivity index (χ3v) is 6.03. The topological polar surface area (TPSA) is 95.4 Å². The normalized spacial score (nSPS) is 12.5. The number of methoxy groups -OCH3 is 1. The molecular formula is C24H32N4O3SSi. The number of ether oxygens (including phenoxy) is 1. The zero-order valence-corrected chi connectivity index (χ0v) is 22.2. The van der Waals surface area contributed by atoms with Crippen molar-refractivity contribution in [2.24, 2.45) is 5.73 Å². The lowest BCUT2D eigenvalue weighted by atomic mass is 9.84. The summed E-state index contributed by atoms with van der Waals surface area (Å²) in [6.45, 7) is 12.5. The Hall–Kier alpha value is -2.91. The summed E-state index contributed by atoms with van der Waals surface area (Å²) in [4.78, 5) is 4.58. The van der Waals surface area contributed by atoms with Crippen LogP contribution in [0.2, 0.25) is 13.1 Å². The maximum absolute atomic E-state index is 6.38. The largest absolute Gasteiger partial charge is 0.544 e. The van der Waals surface area contributed by atoms with Gasteiger partial charge in [-0.2, -0.15) is 4.98 Å². The molecule has 2 aromatic carbocycles. The van der Waals surface area contributed by atoms with Crippen LogP contribution in [0.3, 0.4) is 0 Å². The van der Waals surface area contributed by atoms with Crippen LogP contribution in [0, 0.1) is 6.92 Å². The van der Waals surface area contributed by atoms with Crippen molar-refractivity contribution in [1.29, 1.82) is 0 Å². The number of nitrogens with two attached hydrogens (primary N) is 1. The Morgan fingerprint density at radius 1 is 1.12 bits per heavy atom. The molecule has 1 unspecified atom stereocenters. The Balaban J connectivity index is 2.01. The number of aryl methyl sites for hydroxylation is 1. The van der Waals surface area contributed by atoms with Crippen molar-refractivity contribution in [3.8, 4) is 22.9 Å². The minimum Gasteiger partial charge on any atom is -0.544 e. The Morgan fingerprint density at radius 2 is 1.79 bits per heavy atom. The summed E-state index contributed by atoms with van der Waals surface area (Å²) in [6, 6.07) is 11.4. The number of thiocarbonyl (C=S) groups is 1. The zero-order valence-electron chi connectivity index (χ0n) is 20.2. The van der Waals surface area contributed by atoms with Crippen molar-refractivity contribution in [2.75, 3.05) is 12.4 Å². The van der Waals surface area contributed by atoms with Crippen LogP contribution < -0.4 is 20.2 Å². The molecular weight excluding hydrogens is 452 g/mol. The van der Waals surface area contributed by atoms with Gasteiger partial charge < -0.3 is 24.7 Å². The molecule has 0 spiro atoms. The lowest BCUT2D eigenvalue weighted by Crippen LogP contribution is -2.28. The second-order valence-corrected chi connectivity index (χ2v) is 12.0. The van der Waals surface area contributed by atoms with E-state index in [9.17, 15) is 0 Å². The first kappa shape index (κ1) is 24.7. The molecule has 7 nitrogen and oxygen atoms in total. The Morgan fingerprint density at radius 3 is 2.27 bits per heavy atom. The van der Waals surface area contributed by atoms with Gasteiger partial charge in [-0.25, -0.2) is 0 Å². The van der Waals surface area contributed by atoms with Crippen LogP contribution in [0.15, 0.2) is 40.9 Å². The molecule has 176 valence electrons. The van der Waals surface area contributed by atoms with Crippen LogP contribution in [-0.2, 0) is 5.41 Å². The van der Waals surface area contributed by atoms with Crippen molar-refractivity contribution in [2.45, 2.75) is 52.2 Å². The number of nitrogens with one attached hydrogen (secondary N) is 1. The van der Waals surface area contributed by atoms with Crippen molar-refractivity contribution in [3.63, 3.8) is 0 Å². The highest BCUT2D eigenvalue weighted by Gasteiger charge is 2.28. The summed E-state index contributed by atoms with van der Waals surface area (Å²) in [5.74, 6) is 2.50. The monoisotopic (exact) mass is 484 g/mol. The number of hydrogen-bond donors (Lipinski definition) is 2. The second kappa shape index (κ2) is 9.92. The lowest BCUT2D eigenvalue weighted by molar-refractivity contribution is 0.377. The van der Waals surface area contributed by atoms with E-state index in [2.05, 4.69) is 55.4 Å². The van der Waals surface area contributed by atoms with Gasteiger partial charge >= 0.3 is 0 Å². The fourth-order valence-electron chi connectivity index (χ4n) is 3.56. The highest BCUT2D eigenvalue weighted by Crippen LogP contribution is 2.44. The number of benzene rings is 2. The molecule has 9 heteroatoms. The third kappa shape index (κ3) is 5.72. The Bertz CT molecular complexity index is 1120. The molecule has 0 fully saturated rings. The first-order valence-corrected chi connectivity index (χ1v) is 14.0. The molecule has 1 atom stereocenters. The first-order chi connectivity index (χ1) is 15.5. The number of hydrogen-bond acceptors (Lipinski definition) is 7. The zero-order chi connectivity index (χ0) is 24.3. The van der Waals surface area contributed by atoms with Crippen LogP contribution in [0.25, 0.3) is 11.4 Å². The number of nitrogens with zero attached hydrogens (tertiary/aromatic N) is 2. The predicted octanol–water partition coefficient (Wildman–Crippen LogP) is 5.15. The van der Waals surface area contributed by atoms with E-state index in [1.54, 1.807) is 14.0 Å². The Kier molecular flexibility index (Phi) is 7.43. The SMILES string of the molecule is COc1c(C(C)(C)C)ccc(C(Nc2ccc(-c3noc(C)n3)cc2)C(N)=S)c1O[SiH](C)C. The molecule has 0 saturated carbocycles. The van der Waals surface area contributed by atoms with Crippen LogP contribution >= 0.6 is 12.2 Å². The number of aromatic nitrogens is 2. The average molecular weight is 485 g/mol. The highest BCUT2D eigenvalue weighted by molar-refractivity contribution is 7.80. The van der Waals surface area contributed by atoms with Gasteiger partial charge in [0.1, 0.15) is 11.0 Å². The average Bonchev–Trinajstić information content (AvgIpc) is 3.17. The maximum atomic E-state index is 6.38. The number of rotatable bonds is 8. The van der Waals surface area contributed by atoms with Crippen molar-refractivity contribution >= 4 is 31.9 Å². The van der Waals surface area contributed by atoms with E-state index in [1.165, 1.54) is 0 Å². The van der Waals surface area contributed by atoms with Gasteiger partial charge in [-0.05, 0) is 42.8 Å². The smallest absolute Gasteiger partial charge is 0.229 e. The van der Waals surface area contributed by atoms with Crippen molar-refractivity contribution in [3.05, 3.63) is 53.4 Å².